The van der Waals surface area contributed by atoms with Crippen LogP contribution in [0.4, 0.5) is 17.1 Å². The van der Waals surface area contributed by atoms with Crippen LogP contribution in [0.25, 0.3) is 0 Å². The number of amides is 3. The molecule has 0 unspecified atom stereocenters. The molecule has 1 fully saturated rings. The van der Waals surface area contributed by atoms with Crippen molar-refractivity contribution in [2.45, 2.75) is 0 Å². The summed E-state index contributed by atoms with van der Waals surface area (Å²) >= 11 is 0. The summed E-state index contributed by atoms with van der Waals surface area (Å²) in [5.41, 5.74) is 8.46. The SMILES string of the molecule is Cn1cc(NC(=O)c2cc(NC(=O)c3ccc(N)cc3)cn2C)cc1C(=O)NCCN1CCOCC1. The number of hydrogen-bond donors (Lipinski definition) is 4. The highest BCUT2D eigenvalue weighted by atomic mass is 16.5. The van der Waals surface area contributed by atoms with Crippen molar-refractivity contribution in [2.75, 3.05) is 55.8 Å². The first-order valence-corrected chi connectivity index (χ1v) is 11.7. The van der Waals surface area contributed by atoms with Gasteiger partial charge in [0.15, 0.2) is 0 Å². The Morgan fingerprint density at radius 1 is 0.861 bits per heavy atom. The van der Waals surface area contributed by atoms with Crippen LogP contribution < -0.4 is 21.7 Å². The topological polar surface area (TPSA) is 136 Å². The molecule has 0 aliphatic carbocycles. The van der Waals surface area contributed by atoms with E-state index in [0.29, 0.717) is 53.8 Å². The second-order valence-electron chi connectivity index (χ2n) is 8.69. The fraction of sp³-hybridized carbons (Fsp3) is 0.320. The van der Waals surface area contributed by atoms with Crippen molar-refractivity contribution in [2.24, 2.45) is 14.1 Å². The van der Waals surface area contributed by atoms with Gasteiger partial charge in [0, 0.05) is 63.9 Å². The van der Waals surface area contributed by atoms with Crippen LogP contribution in [0.3, 0.4) is 0 Å². The standard InChI is InChI=1S/C25H31N7O4/c1-30-16-20(13-21(30)24(34)27-7-8-32-9-11-36-12-10-32)29-25(35)22-14-19(15-31(22)2)28-23(33)17-3-5-18(26)6-4-17/h3-6,13-16H,7-12,26H2,1-2H3,(H,27,34)(H,28,33)(H,29,35). The van der Waals surface area contributed by atoms with Gasteiger partial charge < -0.3 is 35.6 Å². The summed E-state index contributed by atoms with van der Waals surface area (Å²) in [7, 11) is 3.46. The van der Waals surface area contributed by atoms with Crippen LogP contribution in [-0.2, 0) is 18.8 Å². The monoisotopic (exact) mass is 493 g/mol. The fourth-order valence-corrected chi connectivity index (χ4v) is 3.99. The zero-order chi connectivity index (χ0) is 25.7. The zero-order valence-corrected chi connectivity index (χ0v) is 20.4. The van der Waals surface area contributed by atoms with Crippen molar-refractivity contribution in [3.63, 3.8) is 0 Å². The van der Waals surface area contributed by atoms with E-state index < -0.39 is 0 Å². The largest absolute Gasteiger partial charge is 0.399 e. The lowest BCUT2D eigenvalue weighted by Gasteiger charge is -2.26. The Balaban J connectivity index is 1.34. The summed E-state index contributed by atoms with van der Waals surface area (Å²) in [6.45, 7) is 4.44. The minimum Gasteiger partial charge on any atom is -0.399 e. The predicted molar refractivity (Wildman–Crippen MR) is 137 cm³/mol. The van der Waals surface area contributed by atoms with Crippen LogP contribution in [0.15, 0.2) is 48.8 Å². The number of anilines is 3. The number of carbonyl (C=O) groups is 3. The number of nitrogens with zero attached hydrogens (tertiary/aromatic N) is 3. The molecule has 1 saturated heterocycles. The maximum Gasteiger partial charge on any atom is 0.272 e. The van der Waals surface area contributed by atoms with Gasteiger partial charge >= 0.3 is 0 Å². The smallest absolute Gasteiger partial charge is 0.272 e. The van der Waals surface area contributed by atoms with Crippen molar-refractivity contribution in [3.05, 3.63) is 65.7 Å². The summed E-state index contributed by atoms with van der Waals surface area (Å²) in [6, 6.07) is 9.79. The van der Waals surface area contributed by atoms with Gasteiger partial charge in [-0.25, -0.2) is 0 Å². The molecule has 0 saturated carbocycles. The normalized spacial score (nSPS) is 13.8. The Kier molecular flexibility index (Phi) is 7.71. The van der Waals surface area contributed by atoms with Gasteiger partial charge in [0.2, 0.25) is 0 Å². The minimum atomic E-state index is -0.365. The molecule has 1 aliphatic heterocycles. The number of nitrogen functional groups attached to an aromatic ring is 1. The molecule has 36 heavy (non-hydrogen) atoms. The Morgan fingerprint density at radius 3 is 2.03 bits per heavy atom. The average Bonchev–Trinajstić information content (AvgIpc) is 3.41. The number of aromatic nitrogens is 2. The highest BCUT2D eigenvalue weighted by Crippen LogP contribution is 2.18. The first-order chi connectivity index (χ1) is 17.3. The van der Waals surface area contributed by atoms with Crippen molar-refractivity contribution in [3.8, 4) is 0 Å². The van der Waals surface area contributed by atoms with E-state index in [0.717, 1.165) is 19.6 Å². The third-order valence-corrected chi connectivity index (χ3v) is 5.98. The fourth-order valence-electron chi connectivity index (χ4n) is 3.99. The number of morpholine rings is 1. The highest BCUT2D eigenvalue weighted by molar-refractivity contribution is 6.07. The Labute approximate surface area is 209 Å². The molecule has 190 valence electrons. The van der Waals surface area contributed by atoms with Crippen LogP contribution >= 0.6 is 0 Å². The third-order valence-electron chi connectivity index (χ3n) is 5.98. The van der Waals surface area contributed by atoms with Gasteiger partial charge in [-0.15, -0.1) is 0 Å². The van der Waals surface area contributed by atoms with E-state index in [1.807, 2.05) is 0 Å². The quantitative estimate of drug-likeness (QED) is 0.351. The summed E-state index contributed by atoms with van der Waals surface area (Å²) in [6.07, 6.45) is 3.34. The lowest BCUT2D eigenvalue weighted by Crippen LogP contribution is -2.41. The van der Waals surface area contributed by atoms with E-state index in [4.69, 9.17) is 10.5 Å². The predicted octanol–water partition coefficient (Wildman–Crippen LogP) is 1.51. The van der Waals surface area contributed by atoms with Gasteiger partial charge in [-0.3, -0.25) is 19.3 Å². The minimum absolute atomic E-state index is 0.210. The van der Waals surface area contributed by atoms with Crippen molar-refractivity contribution < 1.29 is 19.1 Å². The average molecular weight is 494 g/mol. The van der Waals surface area contributed by atoms with Crippen molar-refractivity contribution in [1.29, 1.82) is 0 Å². The lowest BCUT2D eigenvalue weighted by atomic mass is 10.2. The Bertz CT molecular complexity index is 1240. The molecule has 0 radical (unpaired) electrons. The van der Waals surface area contributed by atoms with Gasteiger partial charge in [0.25, 0.3) is 17.7 Å². The van der Waals surface area contributed by atoms with Gasteiger partial charge in [-0.2, -0.15) is 0 Å². The number of benzene rings is 1. The number of hydrogen-bond acceptors (Lipinski definition) is 6. The van der Waals surface area contributed by atoms with E-state index >= 15 is 0 Å². The molecular formula is C25H31N7O4. The Morgan fingerprint density at radius 2 is 1.42 bits per heavy atom. The molecule has 0 spiro atoms. The maximum absolute atomic E-state index is 12.9. The number of nitrogens with two attached hydrogens (primary N) is 1. The van der Waals surface area contributed by atoms with Crippen LogP contribution in [0.5, 0.6) is 0 Å². The van der Waals surface area contributed by atoms with E-state index in [-0.39, 0.29) is 17.7 Å². The molecule has 2 aromatic heterocycles. The highest BCUT2D eigenvalue weighted by Gasteiger charge is 2.18. The van der Waals surface area contributed by atoms with Gasteiger partial charge in [-0.1, -0.05) is 0 Å². The number of aryl methyl sites for hydroxylation is 2. The van der Waals surface area contributed by atoms with Gasteiger partial charge in [-0.05, 0) is 36.4 Å². The molecule has 3 amide bonds. The second kappa shape index (κ2) is 11.1. The van der Waals surface area contributed by atoms with Gasteiger partial charge in [0.1, 0.15) is 11.4 Å². The van der Waals surface area contributed by atoms with E-state index in [2.05, 4.69) is 20.9 Å². The van der Waals surface area contributed by atoms with Crippen LogP contribution in [0.2, 0.25) is 0 Å². The first-order valence-electron chi connectivity index (χ1n) is 11.7. The second-order valence-corrected chi connectivity index (χ2v) is 8.69. The third kappa shape index (κ3) is 6.12. The Hall–Kier alpha value is -4.09. The maximum atomic E-state index is 12.9. The van der Waals surface area contributed by atoms with Crippen LogP contribution in [0.1, 0.15) is 31.3 Å². The van der Waals surface area contributed by atoms with Crippen LogP contribution in [-0.4, -0.2) is 71.1 Å². The first kappa shape index (κ1) is 25.0. The van der Waals surface area contributed by atoms with Crippen LogP contribution in [0, 0.1) is 0 Å². The molecule has 4 rings (SSSR count). The molecule has 1 aromatic carbocycles. The molecule has 3 heterocycles. The summed E-state index contributed by atoms with van der Waals surface area (Å²) in [5, 5.41) is 8.53. The van der Waals surface area contributed by atoms with E-state index in [1.54, 1.807) is 72.0 Å². The molecule has 11 heteroatoms. The number of carbonyl (C=O) groups excluding carboxylic acids is 3. The van der Waals surface area contributed by atoms with E-state index in [1.165, 1.54) is 0 Å². The summed E-state index contributed by atoms with van der Waals surface area (Å²) in [4.78, 5) is 40.2. The molecule has 3 aromatic rings. The van der Waals surface area contributed by atoms with Crippen molar-refractivity contribution in [1.82, 2.24) is 19.4 Å². The molecule has 1 aliphatic rings. The number of ether oxygens (including phenoxy) is 1. The number of rotatable bonds is 8. The molecule has 11 nitrogen and oxygen atoms in total. The summed E-state index contributed by atoms with van der Waals surface area (Å²) in [5.74, 6) is -0.881. The molecule has 5 N–H and O–H groups in total. The summed E-state index contributed by atoms with van der Waals surface area (Å²) < 4.78 is 8.63. The van der Waals surface area contributed by atoms with Gasteiger partial charge in [0.05, 0.1) is 24.6 Å². The molecule has 0 atom stereocenters. The lowest BCUT2D eigenvalue weighted by molar-refractivity contribution is 0.0383. The van der Waals surface area contributed by atoms with E-state index in [9.17, 15) is 14.4 Å². The van der Waals surface area contributed by atoms with Crippen molar-refractivity contribution >= 4 is 34.8 Å². The number of nitrogens with one attached hydrogen (secondary N) is 3. The molecule has 0 bridgehead atoms. The zero-order valence-electron chi connectivity index (χ0n) is 20.4. The molecular weight excluding hydrogens is 462 g/mol.